The number of fused-ring (bicyclic) bond motifs is 5. The monoisotopic (exact) mass is 408 g/mol. The molecule has 0 bridgehead atoms. The summed E-state index contributed by atoms with van der Waals surface area (Å²) in [5.74, 6) is 1.06. The standard InChI is InChI=1S/C24H40O5/c1-13(4-7-19(26)27)15-5-6-16-20-17(9-11-23(15,16)2)24(3)10-8-14(25)12-18(24)21(28)22(20)29/h13-18,20-22,25,28-29H,4-12H2,1-3H3,(H,26,27)/t13-,14-,15-,16+,17+,18+,20?,21-,22-,23-,24-/m1/s1. The smallest absolute Gasteiger partial charge is 0.303 e. The molecule has 4 aliphatic rings. The van der Waals surface area contributed by atoms with Crippen molar-refractivity contribution < 1.29 is 25.2 Å². The van der Waals surface area contributed by atoms with E-state index in [1.165, 1.54) is 0 Å². The molecule has 29 heavy (non-hydrogen) atoms. The average molecular weight is 409 g/mol. The Kier molecular flexibility index (Phi) is 5.57. The van der Waals surface area contributed by atoms with Crippen LogP contribution in [0, 0.1) is 46.3 Å². The number of aliphatic hydroxyl groups excluding tert-OH is 3. The molecule has 5 heteroatoms. The summed E-state index contributed by atoms with van der Waals surface area (Å²) in [7, 11) is 0. The van der Waals surface area contributed by atoms with Crippen molar-refractivity contribution >= 4 is 5.97 Å². The number of hydrogen-bond acceptors (Lipinski definition) is 4. The molecule has 0 aliphatic heterocycles. The molecule has 4 N–H and O–H groups in total. The number of aliphatic carboxylic acids is 1. The van der Waals surface area contributed by atoms with Gasteiger partial charge >= 0.3 is 5.97 Å². The lowest BCUT2D eigenvalue weighted by Crippen LogP contribution is -2.64. The van der Waals surface area contributed by atoms with E-state index >= 15 is 0 Å². The summed E-state index contributed by atoms with van der Waals surface area (Å²) < 4.78 is 0. The van der Waals surface area contributed by atoms with Crippen molar-refractivity contribution in [2.45, 2.75) is 96.9 Å². The lowest BCUT2D eigenvalue weighted by atomic mass is 9.43. The van der Waals surface area contributed by atoms with E-state index in [-0.39, 0.29) is 35.2 Å². The number of carbonyl (C=O) groups is 1. The Bertz CT molecular complexity index is 637. The summed E-state index contributed by atoms with van der Waals surface area (Å²) in [5, 5.41) is 41.7. The molecule has 1 unspecified atom stereocenters. The highest BCUT2D eigenvalue weighted by molar-refractivity contribution is 5.66. The lowest BCUT2D eigenvalue weighted by Gasteiger charge is -2.63. The molecule has 5 nitrogen and oxygen atoms in total. The Hall–Kier alpha value is -0.650. The molecule has 11 atom stereocenters. The molecule has 0 aromatic rings. The van der Waals surface area contributed by atoms with Crippen LogP contribution < -0.4 is 0 Å². The van der Waals surface area contributed by atoms with Crippen LogP contribution in [-0.2, 0) is 4.79 Å². The molecular formula is C24H40O5. The molecule has 0 spiro atoms. The van der Waals surface area contributed by atoms with Crippen LogP contribution in [0.25, 0.3) is 0 Å². The zero-order valence-corrected chi connectivity index (χ0v) is 18.3. The van der Waals surface area contributed by atoms with Gasteiger partial charge in [-0.25, -0.2) is 0 Å². The average Bonchev–Trinajstić information content (AvgIpc) is 3.02. The van der Waals surface area contributed by atoms with Crippen molar-refractivity contribution in [1.29, 1.82) is 0 Å². The minimum absolute atomic E-state index is 0.00309. The van der Waals surface area contributed by atoms with Gasteiger partial charge < -0.3 is 20.4 Å². The second-order valence-corrected chi connectivity index (χ2v) is 11.5. The molecule has 0 heterocycles. The van der Waals surface area contributed by atoms with Crippen molar-refractivity contribution in [3.63, 3.8) is 0 Å². The molecule has 0 amide bonds. The first-order valence-corrected chi connectivity index (χ1v) is 11.9. The van der Waals surface area contributed by atoms with E-state index in [1.807, 2.05) is 0 Å². The van der Waals surface area contributed by atoms with Gasteiger partial charge in [-0.2, -0.15) is 0 Å². The molecule has 166 valence electrons. The summed E-state index contributed by atoms with van der Waals surface area (Å²) in [6.07, 6.45) is 5.87. The maximum absolute atomic E-state index is 11.3. The number of aliphatic hydroxyl groups is 3. The Balaban J connectivity index is 1.59. The van der Waals surface area contributed by atoms with Gasteiger partial charge in [0, 0.05) is 6.42 Å². The first-order valence-electron chi connectivity index (χ1n) is 11.9. The van der Waals surface area contributed by atoms with Crippen LogP contribution in [0.2, 0.25) is 0 Å². The molecule has 4 rings (SSSR count). The van der Waals surface area contributed by atoms with Crippen molar-refractivity contribution in [3.8, 4) is 0 Å². The van der Waals surface area contributed by atoms with Gasteiger partial charge in [-0.3, -0.25) is 4.79 Å². The predicted molar refractivity (Wildman–Crippen MR) is 110 cm³/mol. The fourth-order valence-electron chi connectivity index (χ4n) is 8.77. The number of hydrogen-bond donors (Lipinski definition) is 4. The van der Waals surface area contributed by atoms with Crippen molar-refractivity contribution in [2.75, 3.05) is 0 Å². The minimum atomic E-state index is -0.748. The molecular weight excluding hydrogens is 368 g/mol. The fourth-order valence-corrected chi connectivity index (χ4v) is 8.77. The van der Waals surface area contributed by atoms with Gasteiger partial charge in [0.15, 0.2) is 0 Å². The normalized spacial score (nSPS) is 52.9. The first-order chi connectivity index (χ1) is 13.6. The van der Waals surface area contributed by atoms with Crippen LogP contribution in [0.3, 0.4) is 0 Å². The Morgan fingerprint density at radius 3 is 2.28 bits per heavy atom. The van der Waals surface area contributed by atoms with Gasteiger partial charge in [0.25, 0.3) is 0 Å². The van der Waals surface area contributed by atoms with Gasteiger partial charge in [0.05, 0.1) is 18.3 Å². The van der Waals surface area contributed by atoms with E-state index in [1.54, 1.807) is 0 Å². The van der Waals surface area contributed by atoms with Crippen LogP contribution in [0.5, 0.6) is 0 Å². The molecule has 0 radical (unpaired) electrons. The second-order valence-electron chi connectivity index (χ2n) is 11.5. The quantitative estimate of drug-likeness (QED) is 0.571. The van der Waals surface area contributed by atoms with Crippen LogP contribution in [0.4, 0.5) is 0 Å². The zero-order valence-electron chi connectivity index (χ0n) is 18.3. The largest absolute Gasteiger partial charge is 0.481 e. The van der Waals surface area contributed by atoms with Gasteiger partial charge in [-0.1, -0.05) is 20.8 Å². The topological polar surface area (TPSA) is 98.0 Å². The summed E-state index contributed by atoms with van der Waals surface area (Å²) in [4.78, 5) is 11.1. The van der Waals surface area contributed by atoms with E-state index in [2.05, 4.69) is 20.8 Å². The van der Waals surface area contributed by atoms with Crippen LogP contribution in [-0.4, -0.2) is 44.7 Å². The summed E-state index contributed by atoms with van der Waals surface area (Å²) >= 11 is 0. The zero-order chi connectivity index (χ0) is 21.1. The molecule has 0 saturated heterocycles. The second kappa shape index (κ2) is 7.49. The number of carboxylic acids is 1. The molecule has 0 aromatic heterocycles. The van der Waals surface area contributed by atoms with Gasteiger partial charge in [0.2, 0.25) is 0 Å². The third-order valence-corrected chi connectivity index (χ3v) is 10.3. The predicted octanol–water partition coefficient (Wildman–Crippen LogP) is 3.45. The van der Waals surface area contributed by atoms with E-state index < -0.39 is 18.2 Å². The van der Waals surface area contributed by atoms with E-state index in [4.69, 9.17) is 5.11 Å². The van der Waals surface area contributed by atoms with Gasteiger partial charge in [0.1, 0.15) is 0 Å². The molecule has 0 aromatic carbocycles. The third-order valence-electron chi connectivity index (χ3n) is 10.3. The highest BCUT2D eigenvalue weighted by Crippen LogP contribution is 2.68. The third kappa shape index (κ3) is 3.27. The maximum atomic E-state index is 11.3. The number of carboxylic acid groups (broad SMARTS) is 1. The molecule has 4 fully saturated rings. The molecule has 4 aliphatic carbocycles. The highest BCUT2D eigenvalue weighted by Gasteiger charge is 2.65. The maximum Gasteiger partial charge on any atom is 0.303 e. The fraction of sp³-hybridized carbons (Fsp3) is 0.958. The highest BCUT2D eigenvalue weighted by atomic mass is 16.4. The Labute approximate surface area is 174 Å². The lowest BCUT2D eigenvalue weighted by molar-refractivity contribution is -0.223. The van der Waals surface area contributed by atoms with Crippen molar-refractivity contribution in [1.82, 2.24) is 0 Å². The van der Waals surface area contributed by atoms with Gasteiger partial charge in [-0.05, 0) is 97.7 Å². The van der Waals surface area contributed by atoms with E-state index in [9.17, 15) is 20.1 Å². The summed E-state index contributed by atoms with van der Waals surface area (Å²) in [6, 6.07) is 0. The minimum Gasteiger partial charge on any atom is -0.481 e. The Morgan fingerprint density at radius 2 is 1.59 bits per heavy atom. The molecule has 4 saturated carbocycles. The number of rotatable bonds is 4. The SMILES string of the molecule is C[C@H](CCC(=O)O)[C@H]1CC[C@H]2C3[C@@H](O)[C@H](O)[C@@H]4C[C@H](O)CC[C@]4(C)[C@H]3CC[C@]12C. The Morgan fingerprint density at radius 1 is 0.931 bits per heavy atom. The summed E-state index contributed by atoms with van der Waals surface area (Å²) in [6.45, 7) is 6.89. The summed E-state index contributed by atoms with van der Waals surface area (Å²) in [5.41, 5.74) is 0.119. The van der Waals surface area contributed by atoms with Crippen LogP contribution >= 0.6 is 0 Å². The van der Waals surface area contributed by atoms with Crippen LogP contribution in [0.15, 0.2) is 0 Å². The van der Waals surface area contributed by atoms with Gasteiger partial charge in [-0.15, -0.1) is 0 Å². The van der Waals surface area contributed by atoms with Crippen LogP contribution in [0.1, 0.15) is 78.6 Å². The van der Waals surface area contributed by atoms with E-state index in [0.717, 1.165) is 44.9 Å². The first kappa shape index (κ1) is 21.6. The van der Waals surface area contributed by atoms with Crippen molar-refractivity contribution in [2.24, 2.45) is 46.3 Å². The van der Waals surface area contributed by atoms with E-state index in [0.29, 0.717) is 30.1 Å². The van der Waals surface area contributed by atoms with Crippen molar-refractivity contribution in [3.05, 3.63) is 0 Å².